The monoisotopic (exact) mass is 420 g/mol. The molecule has 5 rings (SSSR count). The zero-order valence-corrected chi connectivity index (χ0v) is 17.3. The smallest absolute Gasteiger partial charge is 0.233 e. The van der Waals surface area contributed by atoms with Crippen molar-refractivity contribution in [3.63, 3.8) is 0 Å². The number of thiazole rings is 1. The largest absolute Gasteiger partial charge is 0.467 e. The molecule has 0 radical (unpaired) electrons. The Labute approximate surface area is 177 Å². The van der Waals surface area contributed by atoms with Crippen molar-refractivity contribution >= 4 is 32.6 Å². The molecule has 1 aliphatic rings. The van der Waals surface area contributed by atoms with E-state index in [2.05, 4.69) is 19.1 Å². The third-order valence-electron chi connectivity index (χ3n) is 5.07. The summed E-state index contributed by atoms with van der Waals surface area (Å²) in [4.78, 5) is 19.7. The Morgan fingerprint density at radius 2 is 1.97 bits per heavy atom. The summed E-state index contributed by atoms with van der Waals surface area (Å²) in [6, 6.07) is 15.5. The molecule has 0 unspecified atom stereocenters. The minimum Gasteiger partial charge on any atom is -0.467 e. The molecule has 0 fully saturated rings. The molecule has 0 saturated carbocycles. The number of ether oxygens (including phenoxy) is 2. The number of rotatable bonds is 6. The molecule has 1 aliphatic heterocycles. The number of fused-ring (bicyclic) bond motifs is 2. The Morgan fingerprint density at radius 3 is 2.80 bits per heavy atom. The summed E-state index contributed by atoms with van der Waals surface area (Å²) >= 11 is 1.52. The summed E-state index contributed by atoms with van der Waals surface area (Å²) in [5.41, 5.74) is 3.01. The van der Waals surface area contributed by atoms with Gasteiger partial charge in [0.1, 0.15) is 5.76 Å². The zero-order chi connectivity index (χ0) is 20.5. The van der Waals surface area contributed by atoms with Gasteiger partial charge < -0.3 is 13.9 Å². The Balaban J connectivity index is 1.46. The quantitative estimate of drug-likeness (QED) is 0.441. The lowest BCUT2D eigenvalue weighted by Crippen LogP contribution is -2.31. The lowest BCUT2D eigenvalue weighted by molar-refractivity contribution is -0.118. The van der Waals surface area contributed by atoms with Crippen LogP contribution in [0.1, 0.15) is 23.8 Å². The highest BCUT2D eigenvalue weighted by Crippen LogP contribution is 2.34. The van der Waals surface area contributed by atoms with Gasteiger partial charge in [0.05, 0.1) is 29.4 Å². The Hall–Kier alpha value is -3.32. The van der Waals surface area contributed by atoms with Crippen LogP contribution >= 0.6 is 11.3 Å². The lowest BCUT2D eigenvalue weighted by Gasteiger charge is -2.19. The summed E-state index contributed by atoms with van der Waals surface area (Å²) in [6.07, 6.45) is 2.80. The standard InChI is InChI=1S/C23H20N2O4S/c1-2-15-5-7-18-21(11-15)30-23(24-18)25(13-17-4-3-9-27-17)22(26)12-16-6-8-19-20(10-16)29-14-28-19/h3-11H,2,12-14H2,1H3. The number of aromatic nitrogens is 1. The first kappa shape index (κ1) is 18.7. The average Bonchev–Trinajstić information content (AvgIpc) is 3.51. The van der Waals surface area contributed by atoms with Crippen LogP contribution in [-0.2, 0) is 24.2 Å². The molecule has 4 aromatic rings. The van der Waals surface area contributed by atoms with Crippen molar-refractivity contribution in [3.8, 4) is 11.5 Å². The first-order chi connectivity index (χ1) is 14.7. The molecule has 3 heterocycles. The maximum absolute atomic E-state index is 13.3. The number of anilines is 1. The normalized spacial score (nSPS) is 12.4. The fourth-order valence-corrected chi connectivity index (χ4v) is 4.48. The number of nitrogens with zero attached hydrogens (tertiary/aromatic N) is 2. The summed E-state index contributed by atoms with van der Waals surface area (Å²) in [5, 5.41) is 0.667. The molecular formula is C23H20N2O4S. The molecule has 0 spiro atoms. The van der Waals surface area contributed by atoms with Crippen molar-refractivity contribution in [1.29, 1.82) is 0 Å². The molecule has 0 saturated heterocycles. The fraction of sp³-hybridized carbons (Fsp3) is 0.217. The van der Waals surface area contributed by atoms with Gasteiger partial charge in [-0.3, -0.25) is 9.69 Å². The van der Waals surface area contributed by atoms with Crippen LogP contribution in [-0.4, -0.2) is 17.7 Å². The predicted octanol–water partition coefficient (Wildman–Crippen LogP) is 4.96. The highest BCUT2D eigenvalue weighted by Gasteiger charge is 2.23. The van der Waals surface area contributed by atoms with Crippen molar-refractivity contribution < 1.29 is 18.7 Å². The molecule has 0 aliphatic carbocycles. The molecular weight excluding hydrogens is 400 g/mol. The fourth-order valence-electron chi connectivity index (χ4n) is 3.43. The number of hydrogen-bond donors (Lipinski definition) is 0. The maximum Gasteiger partial charge on any atom is 0.233 e. The SMILES string of the molecule is CCc1ccc2nc(N(Cc3ccco3)C(=O)Cc3ccc4c(c3)OCO4)sc2c1. The summed E-state index contributed by atoms with van der Waals surface area (Å²) in [7, 11) is 0. The van der Waals surface area contributed by atoms with E-state index in [9.17, 15) is 4.79 Å². The van der Waals surface area contributed by atoms with E-state index in [4.69, 9.17) is 18.9 Å². The van der Waals surface area contributed by atoms with Crippen LogP contribution < -0.4 is 14.4 Å². The van der Waals surface area contributed by atoms with Gasteiger partial charge >= 0.3 is 0 Å². The molecule has 2 aromatic carbocycles. The van der Waals surface area contributed by atoms with Gasteiger partial charge in [0.15, 0.2) is 16.6 Å². The molecule has 30 heavy (non-hydrogen) atoms. The van der Waals surface area contributed by atoms with E-state index in [-0.39, 0.29) is 19.1 Å². The topological polar surface area (TPSA) is 64.8 Å². The van der Waals surface area contributed by atoms with Gasteiger partial charge in [0, 0.05) is 0 Å². The van der Waals surface area contributed by atoms with E-state index in [1.54, 1.807) is 11.2 Å². The second kappa shape index (κ2) is 7.84. The maximum atomic E-state index is 13.3. The van der Waals surface area contributed by atoms with Gasteiger partial charge in [-0.05, 0) is 53.9 Å². The molecule has 152 valence electrons. The number of amides is 1. The molecule has 7 heteroatoms. The number of furan rings is 1. The van der Waals surface area contributed by atoms with E-state index in [0.717, 1.165) is 22.2 Å². The van der Waals surface area contributed by atoms with E-state index in [1.165, 1.54) is 16.9 Å². The van der Waals surface area contributed by atoms with Gasteiger partial charge in [0.25, 0.3) is 0 Å². The van der Waals surface area contributed by atoms with E-state index in [0.29, 0.717) is 28.9 Å². The van der Waals surface area contributed by atoms with E-state index in [1.807, 2.05) is 36.4 Å². The van der Waals surface area contributed by atoms with Crippen molar-refractivity contribution in [2.45, 2.75) is 26.3 Å². The van der Waals surface area contributed by atoms with Crippen LogP contribution in [0.2, 0.25) is 0 Å². The number of carbonyl (C=O) groups excluding carboxylic acids is 1. The van der Waals surface area contributed by atoms with Crippen molar-refractivity contribution in [1.82, 2.24) is 4.98 Å². The molecule has 0 atom stereocenters. The van der Waals surface area contributed by atoms with Crippen LogP contribution in [0.3, 0.4) is 0 Å². The highest BCUT2D eigenvalue weighted by molar-refractivity contribution is 7.22. The van der Waals surface area contributed by atoms with Crippen LogP contribution in [0.5, 0.6) is 11.5 Å². The molecule has 6 nitrogen and oxygen atoms in total. The minimum atomic E-state index is -0.0555. The first-order valence-corrected chi connectivity index (χ1v) is 10.6. The number of carbonyl (C=O) groups is 1. The van der Waals surface area contributed by atoms with Gasteiger partial charge in [0.2, 0.25) is 12.7 Å². The first-order valence-electron chi connectivity index (χ1n) is 9.80. The molecule has 0 bridgehead atoms. The molecule has 2 aromatic heterocycles. The summed E-state index contributed by atoms with van der Waals surface area (Å²) < 4.78 is 17.4. The second-order valence-corrected chi connectivity index (χ2v) is 8.08. The van der Waals surface area contributed by atoms with Gasteiger partial charge in [-0.1, -0.05) is 30.4 Å². The van der Waals surface area contributed by atoms with Gasteiger partial charge in [-0.2, -0.15) is 0 Å². The Bertz CT molecular complexity index is 1200. The third-order valence-corrected chi connectivity index (χ3v) is 6.11. The van der Waals surface area contributed by atoms with Crippen molar-refractivity contribution in [3.05, 3.63) is 71.7 Å². The van der Waals surface area contributed by atoms with Gasteiger partial charge in [-0.15, -0.1) is 0 Å². The highest BCUT2D eigenvalue weighted by atomic mass is 32.1. The molecule has 1 amide bonds. The van der Waals surface area contributed by atoms with Crippen molar-refractivity contribution in [2.24, 2.45) is 0 Å². The Morgan fingerprint density at radius 1 is 1.10 bits per heavy atom. The minimum absolute atomic E-state index is 0.0555. The second-order valence-electron chi connectivity index (χ2n) is 7.08. The number of aryl methyl sites for hydroxylation is 1. The summed E-state index contributed by atoms with van der Waals surface area (Å²) in [5.74, 6) is 2.03. The van der Waals surface area contributed by atoms with Gasteiger partial charge in [-0.25, -0.2) is 4.98 Å². The van der Waals surface area contributed by atoms with E-state index < -0.39 is 0 Å². The van der Waals surface area contributed by atoms with Crippen LogP contribution in [0.4, 0.5) is 5.13 Å². The van der Waals surface area contributed by atoms with E-state index >= 15 is 0 Å². The number of hydrogen-bond acceptors (Lipinski definition) is 6. The predicted molar refractivity (Wildman–Crippen MR) is 115 cm³/mol. The lowest BCUT2D eigenvalue weighted by atomic mass is 10.1. The average molecular weight is 420 g/mol. The van der Waals surface area contributed by atoms with Crippen LogP contribution in [0.15, 0.2) is 59.2 Å². The van der Waals surface area contributed by atoms with Crippen LogP contribution in [0, 0.1) is 0 Å². The zero-order valence-electron chi connectivity index (χ0n) is 16.5. The molecule has 0 N–H and O–H groups in total. The summed E-state index contributed by atoms with van der Waals surface area (Å²) in [6.45, 7) is 2.67. The van der Waals surface area contributed by atoms with Crippen molar-refractivity contribution in [2.75, 3.05) is 11.7 Å². The number of benzene rings is 2. The Kier molecular flexibility index (Phi) is 4.88. The third kappa shape index (κ3) is 3.64. The van der Waals surface area contributed by atoms with Crippen LogP contribution in [0.25, 0.3) is 10.2 Å².